The first-order chi connectivity index (χ1) is 22.3. The van der Waals surface area contributed by atoms with Crippen molar-refractivity contribution >= 4 is 11.8 Å². The van der Waals surface area contributed by atoms with Crippen LogP contribution in [0.4, 0.5) is 23.7 Å². The van der Waals surface area contributed by atoms with E-state index in [2.05, 4.69) is 5.32 Å². The number of anilines is 1. The van der Waals surface area contributed by atoms with Gasteiger partial charge < -0.3 is 23.7 Å². The van der Waals surface area contributed by atoms with Crippen LogP contribution in [0.2, 0.25) is 0 Å². The summed E-state index contributed by atoms with van der Waals surface area (Å²) < 4.78 is 59.4. The van der Waals surface area contributed by atoms with E-state index in [1.165, 1.54) is 10.6 Å². The van der Waals surface area contributed by atoms with Gasteiger partial charge in [0.05, 0.1) is 31.0 Å². The minimum atomic E-state index is -4.90. The molecule has 0 radical (unpaired) electrons. The number of ether oxygens (including phenoxy) is 3. The molecule has 9 nitrogen and oxygen atoms in total. The van der Waals surface area contributed by atoms with E-state index in [1.54, 1.807) is 48.5 Å². The topological polar surface area (TPSA) is 106 Å². The van der Waals surface area contributed by atoms with Crippen molar-refractivity contribution in [1.82, 2.24) is 9.47 Å². The second-order valence-electron chi connectivity index (χ2n) is 11.1. The molecule has 0 bridgehead atoms. The van der Waals surface area contributed by atoms with Crippen LogP contribution in [-0.2, 0) is 22.2 Å². The van der Waals surface area contributed by atoms with Crippen molar-refractivity contribution in [2.45, 2.75) is 26.6 Å². The summed E-state index contributed by atoms with van der Waals surface area (Å²) in [5, 5.41) is 12.1. The van der Waals surface area contributed by atoms with Crippen LogP contribution in [0.25, 0.3) is 11.3 Å². The maximum atomic E-state index is 13.9. The number of aromatic nitrogens is 1. The van der Waals surface area contributed by atoms with Gasteiger partial charge in [-0.15, -0.1) is 0 Å². The van der Waals surface area contributed by atoms with E-state index in [-0.39, 0.29) is 25.5 Å². The van der Waals surface area contributed by atoms with Gasteiger partial charge in [-0.05, 0) is 99.2 Å². The monoisotopic (exact) mass is 648 g/mol. The summed E-state index contributed by atoms with van der Waals surface area (Å²) in [6.45, 7) is 5.44. The van der Waals surface area contributed by atoms with E-state index in [4.69, 9.17) is 14.2 Å². The summed E-state index contributed by atoms with van der Waals surface area (Å²) in [5.41, 5.74) is 0.149. The molecule has 1 aromatic heterocycles. The fourth-order valence-corrected chi connectivity index (χ4v) is 4.70. The Morgan fingerprint density at radius 1 is 0.936 bits per heavy atom. The molecule has 4 rings (SSSR count). The minimum Gasteiger partial charge on any atom is -0.457 e. The SMILES string of the molecule is Cc1ccc(Cn2c(-c3ccc(Oc4ccc(NC(=O)OCCOCCN(C)C)cc4)cc3)cc(C(F)(F)F)c(C#N)c2=O)c(C)c1. The highest BCUT2D eigenvalue weighted by Crippen LogP contribution is 2.34. The molecule has 0 fully saturated rings. The number of aryl methyl sites for hydroxylation is 2. The lowest BCUT2D eigenvalue weighted by atomic mass is 10.0. The molecule has 246 valence electrons. The molecule has 0 saturated carbocycles. The van der Waals surface area contributed by atoms with Crippen molar-refractivity contribution in [2.24, 2.45) is 0 Å². The van der Waals surface area contributed by atoms with Gasteiger partial charge in [-0.25, -0.2) is 4.79 Å². The minimum absolute atomic E-state index is 0.00953. The number of carbonyl (C=O) groups is 1. The lowest BCUT2D eigenvalue weighted by Gasteiger charge is -2.19. The molecule has 0 aliphatic heterocycles. The van der Waals surface area contributed by atoms with E-state index in [0.29, 0.717) is 29.4 Å². The molecule has 4 aromatic rings. The Hall–Kier alpha value is -5.12. The van der Waals surface area contributed by atoms with Crippen molar-refractivity contribution in [1.29, 1.82) is 5.26 Å². The Balaban J connectivity index is 1.49. The number of nitrogens with zero attached hydrogens (tertiary/aromatic N) is 3. The predicted octanol–water partition coefficient (Wildman–Crippen LogP) is 6.99. The Morgan fingerprint density at radius 2 is 1.60 bits per heavy atom. The van der Waals surface area contributed by atoms with Gasteiger partial charge in [0.2, 0.25) is 0 Å². The number of hydrogen-bond donors (Lipinski definition) is 1. The average Bonchev–Trinajstić information content (AvgIpc) is 3.01. The smallest absolute Gasteiger partial charge is 0.417 e. The highest BCUT2D eigenvalue weighted by molar-refractivity contribution is 5.84. The zero-order chi connectivity index (χ0) is 34.1. The van der Waals surface area contributed by atoms with Gasteiger partial charge in [0.1, 0.15) is 29.7 Å². The first kappa shape index (κ1) is 34.7. The fourth-order valence-electron chi connectivity index (χ4n) is 4.70. The summed E-state index contributed by atoms with van der Waals surface area (Å²) >= 11 is 0. The fraction of sp³-hybridized carbons (Fsp3) is 0.286. The number of rotatable bonds is 12. The van der Waals surface area contributed by atoms with Crippen LogP contribution in [0.5, 0.6) is 11.5 Å². The number of nitriles is 1. The van der Waals surface area contributed by atoms with Crippen molar-refractivity contribution in [3.63, 3.8) is 0 Å². The van der Waals surface area contributed by atoms with E-state index in [9.17, 15) is 28.0 Å². The lowest BCUT2D eigenvalue weighted by Crippen LogP contribution is -2.29. The molecule has 0 aliphatic carbocycles. The molecule has 12 heteroatoms. The number of nitrogens with one attached hydrogen (secondary N) is 1. The van der Waals surface area contributed by atoms with Crippen molar-refractivity contribution in [2.75, 3.05) is 45.8 Å². The molecule has 0 saturated heterocycles. The quantitative estimate of drug-likeness (QED) is 0.165. The highest BCUT2D eigenvalue weighted by atomic mass is 19.4. The van der Waals surface area contributed by atoms with Gasteiger partial charge in [0, 0.05) is 12.2 Å². The van der Waals surface area contributed by atoms with Crippen LogP contribution in [0.1, 0.15) is 27.8 Å². The molecule has 3 aromatic carbocycles. The number of hydrogen-bond acceptors (Lipinski definition) is 7. The van der Waals surface area contributed by atoms with E-state index in [0.717, 1.165) is 29.3 Å². The zero-order valence-corrected chi connectivity index (χ0v) is 26.5. The summed E-state index contributed by atoms with van der Waals surface area (Å²) in [6.07, 6.45) is -5.53. The third-order valence-electron chi connectivity index (χ3n) is 7.17. The standard InChI is InChI=1S/C35H35F3N4O5/c1-23-5-6-26(24(2)19-23)22-42-32(20-31(35(36,37)38)30(21-39)33(42)43)25-7-11-28(12-8-25)47-29-13-9-27(10-14-29)40-34(44)46-18-17-45-16-15-41(3)4/h5-14,19-20H,15-18,22H2,1-4H3,(H,40,44). The number of amides is 1. The summed E-state index contributed by atoms with van der Waals surface area (Å²) in [4.78, 5) is 27.4. The van der Waals surface area contributed by atoms with Crippen LogP contribution in [0.3, 0.4) is 0 Å². The number of alkyl halides is 3. The Bertz CT molecular complexity index is 1800. The van der Waals surface area contributed by atoms with Crippen molar-refractivity contribution < 1.29 is 32.2 Å². The van der Waals surface area contributed by atoms with Crippen LogP contribution in [0, 0.1) is 25.2 Å². The number of pyridine rings is 1. The Morgan fingerprint density at radius 3 is 2.19 bits per heavy atom. The zero-order valence-electron chi connectivity index (χ0n) is 26.5. The molecule has 0 atom stereocenters. The van der Waals surface area contributed by atoms with Gasteiger partial charge in [0.15, 0.2) is 0 Å². The van der Waals surface area contributed by atoms with Gasteiger partial charge in [-0.2, -0.15) is 18.4 Å². The number of benzene rings is 3. The molecule has 1 N–H and O–H groups in total. The van der Waals surface area contributed by atoms with Crippen LogP contribution in [0.15, 0.2) is 77.6 Å². The van der Waals surface area contributed by atoms with Crippen molar-refractivity contribution in [3.8, 4) is 28.8 Å². The molecule has 0 aliphatic rings. The van der Waals surface area contributed by atoms with E-state index < -0.39 is 29.0 Å². The third-order valence-corrected chi connectivity index (χ3v) is 7.17. The van der Waals surface area contributed by atoms with Crippen LogP contribution < -0.4 is 15.6 Å². The van der Waals surface area contributed by atoms with Crippen molar-refractivity contribution in [3.05, 3.63) is 111 Å². The molecule has 1 amide bonds. The summed E-state index contributed by atoms with van der Waals surface area (Å²) in [5.74, 6) is 0.826. The predicted molar refractivity (Wildman–Crippen MR) is 172 cm³/mol. The van der Waals surface area contributed by atoms with Gasteiger partial charge in [0.25, 0.3) is 5.56 Å². The molecular formula is C35H35F3N4O5. The normalized spacial score (nSPS) is 11.3. The summed E-state index contributed by atoms with van der Waals surface area (Å²) in [7, 11) is 3.87. The highest BCUT2D eigenvalue weighted by Gasteiger charge is 2.36. The summed E-state index contributed by atoms with van der Waals surface area (Å²) in [6, 6.07) is 20.6. The van der Waals surface area contributed by atoms with Gasteiger partial charge in [-0.3, -0.25) is 10.1 Å². The first-order valence-electron chi connectivity index (χ1n) is 14.7. The third kappa shape index (κ3) is 9.45. The second kappa shape index (κ2) is 15.4. The Kier molecular flexibility index (Phi) is 11.4. The van der Waals surface area contributed by atoms with Gasteiger partial charge in [-0.1, -0.05) is 23.8 Å². The molecule has 47 heavy (non-hydrogen) atoms. The molecule has 1 heterocycles. The number of carbonyl (C=O) groups excluding carboxylic acids is 1. The second-order valence-corrected chi connectivity index (χ2v) is 11.1. The number of likely N-dealkylation sites (N-methyl/N-ethyl adjacent to an activating group) is 1. The Labute approximate surface area is 270 Å². The van der Waals surface area contributed by atoms with E-state index in [1.807, 2.05) is 51.0 Å². The van der Waals surface area contributed by atoms with E-state index >= 15 is 0 Å². The number of halogens is 3. The first-order valence-corrected chi connectivity index (χ1v) is 14.7. The van der Waals surface area contributed by atoms with Crippen LogP contribution in [-0.4, -0.2) is 56.0 Å². The molecule has 0 unspecified atom stereocenters. The maximum Gasteiger partial charge on any atom is 0.417 e. The van der Waals surface area contributed by atoms with Gasteiger partial charge >= 0.3 is 12.3 Å². The molecule has 0 spiro atoms. The average molecular weight is 649 g/mol. The molecular weight excluding hydrogens is 613 g/mol. The maximum absolute atomic E-state index is 13.9. The lowest BCUT2D eigenvalue weighted by molar-refractivity contribution is -0.137. The largest absolute Gasteiger partial charge is 0.457 e. The van der Waals surface area contributed by atoms with Crippen LogP contribution >= 0.6 is 0 Å².